The largest absolute Gasteiger partial charge is 0.463 e. The van der Waals surface area contributed by atoms with Crippen LogP contribution in [0, 0.1) is 11.8 Å². The summed E-state index contributed by atoms with van der Waals surface area (Å²) in [5, 5.41) is 12.8. The number of benzene rings is 1. The van der Waals surface area contributed by atoms with E-state index in [0.717, 1.165) is 44.1 Å². The molecule has 2 aliphatic heterocycles. The minimum Gasteiger partial charge on any atom is -0.463 e. The van der Waals surface area contributed by atoms with Crippen molar-refractivity contribution in [3.8, 4) is 0 Å². The molecule has 1 aliphatic carbocycles. The molecule has 7 heteroatoms. The van der Waals surface area contributed by atoms with Gasteiger partial charge in [0.1, 0.15) is 6.61 Å². The molecule has 0 bridgehead atoms. The molecule has 1 saturated carbocycles. The second-order valence-electron chi connectivity index (χ2n) is 10.4. The van der Waals surface area contributed by atoms with Gasteiger partial charge in [0.2, 0.25) is 11.8 Å². The number of ether oxygens (including phenoxy) is 1. The van der Waals surface area contributed by atoms with Crippen LogP contribution in [-0.2, 0) is 25.5 Å². The molecule has 3 atom stereocenters. The van der Waals surface area contributed by atoms with Crippen molar-refractivity contribution in [1.29, 1.82) is 0 Å². The van der Waals surface area contributed by atoms with Gasteiger partial charge in [-0.3, -0.25) is 14.4 Å². The van der Waals surface area contributed by atoms with Crippen LogP contribution < -0.4 is 5.32 Å². The highest BCUT2D eigenvalue weighted by molar-refractivity contribution is 5.86. The Morgan fingerprint density at radius 3 is 2.49 bits per heavy atom. The fourth-order valence-corrected chi connectivity index (χ4v) is 5.70. The number of hydrogen-bond acceptors (Lipinski definition) is 5. The lowest BCUT2D eigenvalue weighted by molar-refractivity contribution is -0.152. The highest BCUT2D eigenvalue weighted by Gasteiger charge is 2.40. The van der Waals surface area contributed by atoms with E-state index in [1.165, 1.54) is 0 Å². The van der Waals surface area contributed by atoms with E-state index in [9.17, 15) is 19.5 Å². The molecule has 4 rings (SSSR count). The van der Waals surface area contributed by atoms with Crippen LogP contribution in [-0.4, -0.2) is 59.1 Å². The maximum Gasteiger partial charge on any atom is 0.309 e. The Balaban J connectivity index is 1.51. The van der Waals surface area contributed by atoms with Crippen LogP contribution in [0.15, 0.2) is 42.5 Å². The third kappa shape index (κ3) is 6.51. The lowest BCUT2D eigenvalue weighted by atomic mass is 9.92. The quantitative estimate of drug-likeness (QED) is 0.497. The van der Waals surface area contributed by atoms with Crippen LogP contribution in [0.1, 0.15) is 63.4 Å². The summed E-state index contributed by atoms with van der Waals surface area (Å²) >= 11 is 0. The van der Waals surface area contributed by atoms with E-state index in [1.54, 1.807) is 4.90 Å². The number of carbonyl (C=O) groups is 3. The fraction of sp³-hybridized carbons (Fsp3) is 0.607. The Hall–Kier alpha value is -2.67. The molecule has 1 aromatic rings. The summed E-state index contributed by atoms with van der Waals surface area (Å²) in [5.74, 6) is -1.23. The van der Waals surface area contributed by atoms with Gasteiger partial charge in [-0.25, -0.2) is 0 Å². The summed E-state index contributed by atoms with van der Waals surface area (Å²) in [6.45, 7) is 0.765. The normalized spacial score (nSPS) is 27.2. The number of nitrogens with one attached hydrogen (secondary N) is 1. The third-order valence-electron chi connectivity index (χ3n) is 7.81. The summed E-state index contributed by atoms with van der Waals surface area (Å²) in [5.41, 5.74) is 0.529. The molecule has 35 heavy (non-hydrogen) atoms. The molecule has 3 aliphatic rings. The molecule has 1 saturated heterocycles. The van der Waals surface area contributed by atoms with Gasteiger partial charge in [0.05, 0.1) is 30.0 Å². The van der Waals surface area contributed by atoms with Crippen LogP contribution in [0.5, 0.6) is 0 Å². The van der Waals surface area contributed by atoms with Crippen molar-refractivity contribution in [2.24, 2.45) is 11.8 Å². The van der Waals surface area contributed by atoms with Crippen LogP contribution in [0.4, 0.5) is 0 Å². The van der Waals surface area contributed by atoms with E-state index in [2.05, 4.69) is 5.32 Å². The molecule has 7 nitrogen and oxygen atoms in total. The number of esters is 1. The topological polar surface area (TPSA) is 95.9 Å². The van der Waals surface area contributed by atoms with Crippen LogP contribution in [0.3, 0.4) is 0 Å². The Morgan fingerprint density at radius 2 is 1.77 bits per heavy atom. The molecule has 0 radical (unpaired) electrons. The van der Waals surface area contributed by atoms with Crippen molar-refractivity contribution >= 4 is 17.8 Å². The maximum atomic E-state index is 13.4. The number of rotatable bonds is 5. The number of likely N-dealkylation sites (tertiary alicyclic amines) is 1. The molecule has 2 heterocycles. The van der Waals surface area contributed by atoms with Crippen molar-refractivity contribution in [3.63, 3.8) is 0 Å². The van der Waals surface area contributed by atoms with Gasteiger partial charge in [-0.15, -0.1) is 0 Å². The average molecular weight is 483 g/mol. The van der Waals surface area contributed by atoms with Crippen molar-refractivity contribution in [2.75, 3.05) is 19.8 Å². The Labute approximate surface area is 207 Å². The monoisotopic (exact) mass is 482 g/mol. The number of aliphatic hydroxyl groups excluding tert-OH is 1. The highest BCUT2D eigenvalue weighted by atomic mass is 16.5. The number of aliphatic hydroxyl groups is 1. The van der Waals surface area contributed by atoms with Gasteiger partial charge >= 0.3 is 5.97 Å². The molecule has 2 fully saturated rings. The van der Waals surface area contributed by atoms with E-state index < -0.39 is 11.5 Å². The number of cyclic esters (lactones) is 1. The first-order chi connectivity index (χ1) is 17.0. The van der Waals surface area contributed by atoms with E-state index in [0.29, 0.717) is 25.8 Å². The number of hydrogen-bond donors (Lipinski definition) is 2. The maximum absolute atomic E-state index is 13.4. The number of carbonyl (C=O) groups excluding carboxylic acids is 3. The van der Waals surface area contributed by atoms with Crippen molar-refractivity contribution in [2.45, 2.75) is 75.8 Å². The predicted molar refractivity (Wildman–Crippen MR) is 132 cm³/mol. The molecule has 1 aromatic carbocycles. The molecule has 2 N–H and O–H groups in total. The highest BCUT2D eigenvalue weighted by Crippen LogP contribution is 2.32. The van der Waals surface area contributed by atoms with Gasteiger partial charge in [-0.05, 0) is 50.5 Å². The van der Waals surface area contributed by atoms with Crippen molar-refractivity contribution in [3.05, 3.63) is 48.0 Å². The lowest BCUT2D eigenvalue weighted by Gasteiger charge is -2.33. The smallest absolute Gasteiger partial charge is 0.309 e. The zero-order valence-electron chi connectivity index (χ0n) is 20.5. The van der Waals surface area contributed by atoms with Gasteiger partial charge in [0.15, 0.2) is 0 Å². The second-order valence-corrected chi connectivity index (χ2v) is 10.4. The number of allylic oxidation sites excluding steroid dienone is 2. The van der Waals surface area contributed by atoms with Crippen LogP contribution in [0.25, 0.3) is 0 Å². The first kappa shape index (κ1) is 25.4. The molecule has 0 aromatic heterocycles. The molecule has 0 unspecified atom stereocenters. The minimum absolute atomic E-state index is 0.0419. The van der Waals surface area contributed by atoms with Gasteiger partial charge in [-0.2, -0.15) is 0 Å². The Bertz CT molecular complexity index is 909. The molecule has 190 valence electrons. The number of nitrogens with zero attached hydrogens (tertiary/aromatic N) is 1. The van der Waals surface area contributed by atoms with Crippen molar-refractivity contribution in [1.82, 2.24) is 10.2 Å². The SMILES string of the molecule is O=C1NC2(CCCC2)COC(=O)[C@H](Cc2ccccc2)CC=CC[C@@H]1CC(=O)N1CCC[C@H]1CO. The lowest BCUT2D eigenvalue weighted by Crippen LogP contribution is -2.53. The number of amides is 2. The summed E-state index contributed by atoms with van der Waals surface area (Å²) < 4.78 is 5.82. The molecule has 2 amide bonds. The molecule has 1 spiro atoms. The first-order valence-electron chi connectivity index (χ1n) is 13.1. The van der Waals surface area contributed by atoms with E-state index in [4.69, 9.17) is 4.74 Å². The van der Waals surface area contributed by atoms with Gasteiger partial charge in [0, 0.05) is 13.0 Å². The summed E-state index contributed by atoms with van der Waals surface area (Å²) in [7, 11) is 0. The Morgan fingerprint density at radius 1 is 1.06 bits per heavy atom. The summed E-state index contributed by atoms with van der Waals surface area (Å²) in [6, 6.07) is 9.79. The van der Waals surface area contributed by atoms with Gasteiger partial charge in [0.25, 0.3) is 0 Å². The van der Waals surface area contributed by atoms with E-state index in [1.807, 2.05) is 42.5 Å². The standard InChI is InChI=1S/C28H38N2O5/c31-19-24-13-8-16-30(24)25(32)18-22-11-4-5-12-23(17-21-9-2-1-3-10-21)27(34)35-20-28(29-26(22)33)14-6-7-15-28/h1-5,9-10,22-24,31H,6-8,11-20H2,(H,29,33)/t22-,23+,24+/m1/s1. The third-order valence-corrected chi connectivity index (χ3v) is 7.81. The minimum atomic E-state index is -0.560. The van der Waals surface area contributed by atoms with Crippen molar-refractivity contribution < 1.29 is 24.2 Å². The molecular weight excluding hydrogens is 444 g/mol. The van der Waals surface area contributed by atoms with E-state index in [-0.39, 0.29) is 49.4 Å². The average Bonchev–Trinajstić information content (AvgIpc) is 3.53. The van der Waals surface area contributed by atoms with Crippen LogP contribution in [0.2, 0.25) is 0 Å². The zero-order valence-corrected chi connectivity index (χ0v) is 20.5. The van der Waals surface area contributed by atoms with E-state index >= 15 is 0 Å². The summed E-state index contributed by atoms with van der Waals surface area (Å²) in [4.78, 5) is 41.2. The van der Waals surface area contributed by atoms with Gasteiger partial charge in [-0.1, -0.05) is 55.3 Å². The Kier molecular flexibility index (Phi) is 8.60. The zero-order chi connectivity index (χ0) is 24.7. The fourth-order valence-electron chi connectivity index (χ4n) is 5.70. The first-order valence-corrected chi connectivity index (χ1v) is 13.1. The van der Waals surface area contributed by atoms with Crippen LogP contribution >= 0.6 is 0 Å². The predicted octanol–water partition coefficient (Wildman–Crippen LogP) is 3.16. The van der Waals surface area contributed by atoms with Gasteiger partial charge < -0.3 is 20.1 Å². The summed E-state index contributed by atoms with van der Waals surface area (Å²) in [6.07, 6.45) is 10.7. The second kappa shape index (κ2) is 11.8. The molecular formula is C28H38N2O5.